The van der Waals surface area contributed by atoms with E-state index in [2.05, 4.69) is 0 Å². The number of carboxylic acid groups (broad SMARTS) is 1. The number of aliphatic carboxylic acids is 1. The van der Waals surface area contributed by atoms with Crippen molar-refractivity contribution in [1.82, 2.24) is 4.90 Å². The van der Waals surface area contributed by atoms with E-state index in [1.807, 2.05) is 33.9 Å². The van der Waals surface area contributed by atoms with Gasteiger partial charge in [0.2, 0.25) is 5.91 Å². The highest BCUT2D eigenvalue weighted by Crippen LogP contribution is 2.29. The van der Waals surface area contributed by atoms with Crippen LogP contribution in [0.25, 0.3) is 0 Å². The van der Waals surface area contributed by atoms with Crippen molar-refractivity contribution in [3.05, 3.63) is 51.6 Å². The van der Waals surface area contributed by atoms with Gasteiger partial charge in [-0.15, -0.1) is 11.3 Å². The van der Waals surface area contributed by atoms with Gasteiger partial charge in [0.1, 0.15) is 0 Å². The molecule has 0 radical (unpaired) electrons. The van der Waals surface area contributed by atoms with E-state index in [9.17, 15) is 14.7 Å². The van der Waals surface area contributed by atoms with Gasteiger partial charge >= 0.3 is 5.97 Å². The summed E-state index contributed by atoms with van der Waals surface area (Å²) in [7, 11) is 0. The molecule has 0 spiro atoms. The number of aliphatic hydroxyl groups excluding tert-OH is 1. The zero-order valence-electron chi connectivity index (χ0n) is 15.3. The second-order valence-corrected chi connectivity index (χ2v) is 8.58. The van der Waals surface area contributed by atoms with Crippen LogP contribution in [-0.4, -0.2) is 45.7 Å². The van der Waals surface area contributed by atoms with Crippen LogP contribution in [0.5, 0.6) is 5.06 Å². The lowest BCUT2D eigenvalue weighted by Crippen LogP contribution is -2.41. The number of amides is 1. The fourth-order valence-corrected chi connectivity index (χ4v) is 4.68. The van der Waals surface area contributed by atoms with Gasteiger partial charge in [-0.25, -0.2) is 4.79 Å². The van der Waals surface area contributed by atoms with Crippen LogP contribution in [0.2, 0.25) is 0 Å². The molecule has 0 saturated carbocycles. The van der Waals surface area contributed by atoms with Crippen LogP contribution in [0, 0.1) is 0 Å². The number of ether oxygens (including phenoxy) is 1. The number of carboxylic acids is 1. The monoisotopic (exact) mass is 421 g/mol. The Labute approximate surface area is 171 Å². The van der Waals surface area contributed by atoms with E-state index in [0.29, 0.717) is 24.4 Å². The van der Waals surface area contributed by atoms with Crippen LogP contribution in [0.3, 0.4) is 0 Å². The molecule has 3 rings (SSSR count). The first-order chi connectivity index (χ1) is 13.5. The van der Waals surface area contributed by atoms with Crippen LogP contribution < -0.4 is 4.74 Å². The number of carbonyl (C=O) groups is 2. The SMILES string of the molecule is O=C(O)COc1ccc(CN2C(=O)CCC[C@@H]2C=CC(O)Cc2ccsc2)s1. The number of thiophene rings is 2. The normalized spacial score (nSPS) is 18.5. The van der Waals surface area contributed by atoms with Crippen molar-refractivity contribution in [3.8, 4) is 5.06 Å². The third-order valence-electron chi connectivity index (χ3n) is 4.49. The molecule has 0 aliphatic carbocycles. The molecule has 28 heavy (non-hydrogen) atoms. The lowest BCUT2D eigenvalue weighted by molar-refractivity contribution is -0.139. The van der Waals surface area contributed by atoms with Crippen molar-refractivity contribution in [2.24, 2.45) is 0 Å². The Bertz CT molecular complexity index is 814. The van der Waals surface area contributed by atoms with Gasteiger partial charge in [0.05, 0.1) is 18.7 Å². The number of piperidine rings is 1. The Balaban J connectivity index is 1.61. The highest BCUT2D eigenvalue weighted by Gasteiger charge is 2.27. The molecule has 6 nitrogen and oxygen atoms in total. The van der Waals surface area contributed by atoms with Crippen molar-refractivity contribution in [1.29, 1.82) is 0 Å². The molecule has 1 aliphatic heterocycles. The fraction of sp³-hybridized carbons (Fsp3) is 0.400. The molecule has 150 valence electrons. The predicted octanol–water partition coefficient (Wildman–Crippen LogP) is 3.31. The topological polar surface area (TPSA) is 87.1 Å². The fourth-order valence-electron chi connectivity index (χ4n) is 3.15. The Kier molecular flexibility index (Phi) is 7.24. The van der Waals surface area contributed by atoms with Gasteiger partial charge in [0, 0.05) is 17.7 Å². The summed E-state index contributed by atoms with van der Waals surface area (Å²) in [4.78, 5) is 25.8. The number of carbonyl (C=O) groups excluding carboxylic acids is 1. The van der Waals surface area contributed by atoms with Crippen LogP contribution in [0.4, 0.5) is 0 Å². The highest BCUT2D eigenvalue weighted by molar-refractivity contribution is 7.13. The maximum absolute atomic E-state index is 12.5. The molecule has 3 heterocycles. The summed E-state index contributed by atoms with van der Waals surface area (Å²) in [6.45, 7) is 0.0749. The van der Waals surface area contributed by atoms with Gasteiger partial charge in [0.15, 0.2) is 11.7 Å². The van der Waals surface area contributed by atoms with E-state index in [-0.39, 0.29) is 18.6 Å². The van der Waals surface area contributed by atoms with Crippen LogP contribution in [-0.2, 0) is 22.6 Å². The maximum Gasteiger partial charge on any atom is 0.341 e. The number of rotatable bonds is 9. The molecule has 0 aromatic carbocycles. The summed E-state index contributed by atoms with van der Waals surface area (Å²) in [6.07, 6.45) is 5.92. The van der Waals surface area contributed by atoms with Gasteiger partial charge in [-0.2, -0.15) is 11.3 Å². The van der Waals surface area contributed by atoms with Crippen molar-refractivity contribution in [2.75, 3.05) is 6.61 Å². The molecule has 2 aromatic heterocycles. The Morgan fingerprint density at radius 3 is 3.00 bits per heavy atom. The summed E-state index contributed by atoms with van der Waals surface area (Å²) >= 11 is 2.95. The van der Waals surface area contributed by atoms with E-state index in [4.69, 9.17) is 9.84 Å². The van der Waals surface area contributed by atoms with Crippen molar-refractivity contribution in [3.63, 3.8) is 0 Å². The molecular weight excluding hydrogens is 398 g/mol. The Hall–Kier alpha value is -2.16. The third-order valence-corrected chi connectivity index (χ3v) is 6.21. The first-order valence-corrected chi connectivity index (χ1v) is 10.9. The minimum atomic E-state index is -1.02. The third kappa shape index (κ3) is 5.92. The predicted molar refractivity (Wildman–Crippen MR) is 109 cm³/mol. The highest BCUT2D eigenvalue weighted by atomic mass is 32.1. The molecule has 1 saturated heterocycles. The zero-order valence-corrected chi connectivity index (χ0v) is 17.0. The smallest absolute Gasteiger partial charge is 0.341 e. The largest absolute Gasteiger partial charge is 0.479 e. The molecule has 2 atom stereocenters. The van der Waals surface area contributed by atoms with Crippen LogP contribution >= 0.6 is 22.7 Å². The first-order valence-electron chi connectivity index (χ1n) is 9.11. The molecule has 8 heteroatoms. The lowest BCUT2D eigenvalue weighted by Gasteiger charge is -2.33. The van der Waals surface area contributed by atoms with Crippen LogP contribution in [0.1, 0.15) is 29.7 Å². The number of hydrogen-bond acceptors (Lipinski definition) is 6. The molecule has 1 amide bonds. The number of likely N-dealkylation sites (tertiary alicyclic amines) is 1. The second kappa shape index (κ2) is 9.86. The lowest BCUT2D eigenvalue weighted by atomic mass is 10.00. The first kappa shape index (κ1) is 20.6. The molecule has 2 N–H and O–H groups in total. The van der Waals surface area contributed by atoms with Crippen molar-refractivity contribution >= 4 is 34.6 Å². The summed E-state index contributed by atoms with van der Waals surface area (Å²) in [5.74, 6) is -0.929. The van der Waals surface area contributed by atoms with Gasteiger partial charge in [-0.3, -0.25) is 4.79 Å². The van der Waals surface area contributed by atoms with Gasteiger partial charge in [-0.1, -0.05) is 12.2 Å². The van der Waals surface area contributed by atoms with Crippen molar-refractivity contribution in [2.45, 2.75) is 44.4 Å². The van der Waals surface area contributed by atoms with Gasteiger partial charge in [0.25, 0.3) is 0 Å². The van der Waals surface area contributed by atoms with Crippen LogP contribution in [0.15, 0.2) is 41.1 Å². The molecule has 1 aliphatic rings. The molecule has 1 unspecified atom stereocenters. The minimum absolute atomic E-state index is 0.0520. The Morgan fingerprint density at radius 1 is 1.39 bits per heavy atom. The summed E-state index contributed by atoms with van der Waals surface area (Å²) < 4.78 is 5.19. The molecular formula is C20H23NO5S2. The number of aliphatic hydroxyl groups is 1. The van der Waals surface area contributed by atoms with E-state index in [1.54, 1.807) is 23.5 Å². The Morgan fingerprint density at radius 2 is 2.25 bits per heavy atom. The van der Waals surface area contributed by atoms with E-state index >= 15 is 0 Å². The van der Waals surface area contributed by atoms with Gasteiger partial charge < -0.3 is 19.8 Å². The van der Waals surface area contributed by atoms with Gasteiger partial charge in [-0.05, 0) is 47.4 Å². The quantitative estimate of drug-likeness (QED) is 0.607. The average Bonchev–Trinajstić information content (AvgIpc) is 3.32. The second-order valence-electron chi connectivity index (χ2n) is 6.67. The summed E-state index contributed by atoms with van der Waals surface area (Å²) in [5, 5.41) is 23.5. The van der Waals surface area contributed by atoms with E-state index in [0.717, 1.165) is 23.3 Å². The van der Waals surface area contributed by atoms with E-state index < -0.39 is 12.1 Å². The zero-order chi connectivity index (χ0) is 19.9. The molecule has 1 fully saturated rings. The summed E-state index contributed by atoms with van der Waals surface area (Å²) in [6, 6.07) is 5.53. The molecule has 0 bridgehead atoms. The maximum atomic E-state index is 12.5. The summed E-state index contributed by atoms with van der Waals surface area (Å²) in [5.41, 5.74) is 1.10. The molecule has 2 aromatic rings. The van der Waals surface area contributed by atoms with Crippen molar-refractivity contribution < 1.29 is 24.5 Å². The number of nitrogens with zero attached hydrogens (tertiary/aromatic N) is 1. The standard InChI is InChI=1S/C20H23NO5S2/c22-16(10-14-8-9-27-13-14)5-4-15-2-1-3-18(23)21(15)11-17-6-7-20(28-17)26-12-19(24)25/h4-9,13,15-16,22H,1-3,10-12H2,(H,24,25)/t15-,16?/m1/s1. The van der Waals surface area contributed by atoms with E-state index in [1.165, 1.54) is 11.3 Å². The number of hydrogen-bond donors (Lipinski definition) is 2. The minimum Gasteiger partial charge on any atom is -0.479 e. The average molecular weight is 422 g/mol.